The first-order valence-corrected chi connectivity index (χ1v) is 24.2. The van der Waals surface area contributed by atoms with Crippen LogP contribution in [-0.4, -0.2) is 32.5 Å². The lowest BCUT2D eigenvalue weighted by molar-refractivity contribution is -0.0645. The second kappa shape index (κ2) is 43.8. The summed E-state index contributed by atoms with van der Waals surface area (Å²) in [6, 6.07) is 10.5. The van der Waals surface area contributed by atoms with Crippen molar-refractivity contribution in [1.82, 2.24) is 0 Å². The van der Waals surface area contributed by atoms with Gasteiger partial charge < -0.3 is 14.2 Å². The smallest absolute Gasteiger partial charge is 0.104 e. The Balaban J connectivity index is 1.97. The Labute approximate surface area is 333 Å². The molecule has 0 aliphatic carbocycles. The second-order valence-electron chi connectivity index (χ2n) is 16.6. The molecule has 53 heavy (non-hydrogen) atoms. The topological polar surface area (TPSA) is 27.7 Å². The molecule has 0 bridgehead atoms. The number of rotatable bonds is 45. The van der Waals surface area contributed by atoms with Crippen LogP contribution in [0.4, 0.5) is 0 Å². The van der Waals surface area contributed by atoms with Gasteiger partial charge in [-0.1, -0.05) is 262 Å². The molecule has 0 N–H and O–H groups in total. The van der Waals surface area contributed by atoms with Gasteiger partial charge in [0.25, 0.3) is 0 Å². The molecule has 0 radical (unpaired) electrons. The van der Waals surface area contributed by atoms with Crippen molar-refractivity contribution >= 4 is 0 Å². The molecule has 0 amide bonds. The predicted molar refractivity (Wildman–Crippen MR) is 234 cm³/mol. The second-order valence-corrected chi connectivity index (χ2v) is 16.6. The molecular formula is C50H94O3. The average molecular weight is 743 g/mol. The van der Waals surface area contributed by atoms with Gasteiger partial charge in [-0.2, -0.15) is 0 Å². The van der Waals surface area contributed by atoms with Crippen LogP contribution in [0.5, 0.6) is 0 Å². The van der Waals surface area contributed by atoms with Crippen LogP contribution in [0.3, 0.4) is 0 Å². The van der Waals surface area contributed by atoms with E-state index in [0.717, 1.165) is 26.1 Å². The summed E-state index contributed by atoms with van der Waals surface area (Å²) in [5.41, 5.74) is 1.22. The largest absolute Gasteiger partial charge is 0.379 e. The molecule has 0 fully saturated rings. The van der Waals surface area contributed by atoms with Crippen LogP contribution in [0, 0.1) is 0 Å². The van der Waals surface area contributed by atoms with Crippen molar-refractivity contribution in [2.24, 2.45) is 0 Å². The fraction of sp³-hybridized carbons (Fsp3) is 0.880. The molecule has 0 saturated carbocycles. The zero-order valence-electron chi connectivity index (χ0n) is 36.2. The first-order chi connectivity index (χ1) is 26.4. The van der Waals surface area contributed by atoms with Gasteiger partial charge in [-0.15, -0.1) is 0 Å². The van der Waals surface area contributed by atoms with E-state index in [0.29, 0.717) is 19.8 Å². The minimum Gasteiger partial charge on any atom is -0.379 e. The fourth-order valence-corrected chi connectivity index (χ4v) is 7.60. The predicted octanol–water partition coefficient (Wildman–Crippen LogP) is 16.7. The number of unbranched alkanes of at least 4 members (excludes halogenated alkanes) is 34. The van der Waals surface area contributed by atoms with Crippen LogP contribution in [0.1, 0.15) is 251 Å². The molecule has 0 unspecified atom stereocenters. The van der Waals surface area contributed by atoms with Crippen molar-refractivity contribution in [1.29, 1.82) is 0 Å². The summed E-state index contributed by atoms with van der Waals surface area (Å²) in [6.45, 7) is 8.16. The van der Waals surface area contributed by atoms with Gasteiger partial charge in [0.1, 0.15) is 6.10 Å². The SMILES string of the molecule is CCCCCCCCCCCCCCCCCCCCOC[C@@H](COCc1ccccc1)OCCCCCCCCCCCCCCCCCCCC. The van der Waals surface area contributed by atoms with E-state index in [9.17, 15) is 0 Å². The maximum Gasteiger partial charge on any atom is 0.104 e. The Kier molecular flexibility index (Phi) is 41.4. The highest BCUT2D eigenvalue weighted by atomic mass is 16.6. The standard InChI is InChI=1S/C50H94O3/c1-3-5-7-9-11-13-15-17-19-21-23-25-27-29-31-33-35-40-44-51-47-50(48-52-46-49-42-38-37-39-43-49)53-45-41-36-34-32-30-28-26-24-22-20-18-16-14-12-10-8-6-4-2/h37-39,42-43,50H,3-36,40-41,44-48H2,1-2H3/t50-/m0/s1. The lowest BCUT2D eigenvalue weighted by Crippen LogP contribution is -2.26. The first kappa shape index (κ1) is 50.1. The van der Waals surface area contributed by atoms with Crippen molar-refractivity contribution in [2.45, 2.75) is 258 Å². The number of ether oxygens (including phenoxy) is 3. The van der Waals surface area contributed by atoms with Crippen LogP contribution < -0.4 is 0 Å². The third kappa shape index (κ3) is 39.1. The summed E-state index contributed by atoms with van der Waals surface area (Å²) >= 11 is 0. The number of hydrogen-bond donors (Lipinski definition) is 0. The van der Waals surface area contributed by atoms with E-state index in [1.54, 1.807) is 0 Å². The summed E-state index contributed by atoms with van der Waals surface area (Å²) in [5, 5.41) is 0. The lowest BCUT2D eigenvalue weighted by atomic mass is 10.0. The van der Waals surface area contributed by atoms with Gasteiger partial charge in [-0.05, 0) is 18.4 Å². The summed E-state index contributed by atoms with van der Waals surface area (Å²) in [7, 11) is 0. The quantitative estimate of drug-likeness (QED) is 0.0623. The monoisotopic (exact) mass is 743 g/mol. The Hall–Kier alpha value is -0.900. The van der Waals surface area contributed by atoms with E-state index in [4.69, 9.17) is 14.2 Å². The van der Waals surface area contributed by atoms with Crippen molar-refractivity contribution < 1.29 is 14.2 Å². The maximum atomic E-state index is 6.30. The molecule has 0 spiro atoms. The van der Waals surface area contributed by atoms with Gasteiger partial charge >= 0.3 is 0 Å². The highest BCUT2D eigenvalue weighted by Crippen LogP contribution is 2.16. The normalized spacial score (nSPS) is 12.2. The van der Waals surface area contributed by atoms with Crippen molar-refractivity contribution in [2.75, 3.05) is 26.4 Å². The minimum atomic E-state index is 0.0278. The van der Waals surface area contributed by atoms with Gasteiger partial charge in [0, 0.05) is 13.2 Å². The number of benzene rings is 1. The van der Waals surface area contributed by atoms with E-state index >= 15 is 0 Å². The molecule has 3 nitrogen and oxygen atoms in total. The third-order valence-corrected chi connectivity index (χ3v) is 11.2. The molecule has 1 aromatic rings. The maximum absolute atomic E-state index is 6.30. The first-order valence-electron chi connectivity index (χ1n) is 24.2. The van der Waals surface area contributed by atoms with Crippen molar-refractivity contribution in [3.05, 3.63) is 35.9 Å². The van der Waals surface area contributed by atoms with Gasteiger partial charge in [0.2, 0.25) is 0 Å². The van der Waals surface area contributed by atoms with Gasteiger partial charge in [-0.25, -0.2) is 0 Å². The molecule has 3 heteroatoms. The van der Waals surface area contributed by atoms with Crippen LogP contribution in [0.25, 0.3) is 0 Å². The van der Waals surface area contributed by atoms with Gasteiger partial charge in [-0.3, -0.25) is 0 Å². The van der Waals surface area contributed by atoms with Gasteiger partial charge in [0.15, 0.2) is 0 Å². The Morgan fingerprint density at radius 2 is 0.642 bits per heavy atom. The molecule has 0 aliphatic heterocycles. The molecule has 0 aromatic heterocycles. The molecule has 1 aromatic carbocycles. The van der Waals surface area contributed by atoms with Gasteiger partial charge in [0.05, 0.1) is 19.8 Å². The molecular weight excluding hydrogens is 649 g/mol. The molecule has 0 saturated heterocycles. The van der Waals surface area contributed by atoms with Crippen molar-refractivity contribution in [3.63, 3.8) is 0 Å². The Morgan fingerprint density at radius 3 is 1.00 bits per heavy atom. The Bertz CT molecular complexity index is 782. The Morgan fingerprint density at radius 1 is 0.340 bits per heavy atom. The van der Waals surface area contributed by atoms with E-state index < -0.39 is 0 Å². The molecule has 1 atom stereocenters. The van der Waals surface area contributed by atoms with Crippen LogP contribution in [0.2, 0.25) is 0 Å². The molecule has 0 aliphatic rings. The van der Waals surface area contributed by atoms with Crippen LogP contribution >= 0.6 is 0 Å². The lowest BCUT2D eigenvalue weighted by Gasteiger charge is -2.18. The summed E-state index contributed by atoms with van der Waals surface area (Å²) in [6.07, 6.45) is 50.7. The van der Waals surface area contributed by atoms with Crippen molar-refractivity contribution in [3.8, 4) is 0 Å². The fourth-order valence-electron chi connectivity index (χ4n) is 7.60. The van der Waals surface area contributed by atoms with E-state index in [1.165, 1.54) is 224 Å². The highest BCUT2D eigenvalue weighted by molar-refractivity contribution is 5.13. The molecule has 312 valence electrons. The number of hydrogen-bond acceptors (Lipinski definition) is 3. The third-order valence-electron chi connectivity index (χ3n) is 11.2. The zero-order valence-corrected chi connectivity index (χ0v) is 36.2. The molecule has 1 rings (SSSR count). The highest BCUT2D eigenvalue weighted by Gasteiger charge is 2.10. The van der Waals surface area contributed by atoms with E-state index in [-0.39, 0.29) is 6.10 Å². The van der Waals surface area contributed by atoms with E-state index in [2.05, 4.69) is 44.2 Å². The minimum absolute atomic E-state index is 0.0278. The van der Waals surface area contributed by atoms with Crippen LogP contribution in [0.15, 0.2) is 30.3 Å². The zero-order chi connectivity index (χ0) is 37.8. The summed E-state index contributed by atoms with van der Waals surface area (Å²) < 4.78 is 18.5. The van der Waals surface area contributed by atoms with E-state index in [1.807, 2.05) is 0 Å². The molecule has 0 heterocycles. The average Bonchev–Trinajstić information content (AvgIpc) is 3.18. The summed E-state index contributed by atoms with van der Waals surface area (Å²) in [5.74, 6) is 0. The summed E-state index contributed by atoms with van der Waals surface area (Å²) in [4.78, 5) is 0. The van der Waals surface area contributed by atoms with Crippen LogP contribution in [-0.2, 0) is 20.8 Å².